The first-order valence-corrected chi connectivity index (χ1v) is 7.46. The first-order valence-electron chi connectivity index (χ1n) is 5.79. The number of nitrogens with one attached hydrogen (secondary N) is 1. The first-order chi connectivity index (χ1) is 9.19. The van der Waals surface area contributed by atoms with Gasteiger partial charge in [-0.2, -0.15) is 0 Å². The van der Waals surface area contributed by atoms with Crippen molar-refractivity contribution in [3.05, 3.63) is 44.7 Å². The molecular weight excluding hydrogens is 328 g/mol. The van der Waals surface area contributed by atoms with E-state index in [1.807, 2.05) is 5.38 Å². The minimum atomic E-state index is -0.344. The smallest absolute Gasteiger partial charge is 0.339 e. The Morgan fingerprint density at radius 1 is 1.53 bits per heavy atom. The fraction of sp³-hybridized carbons (Fsp3) is 0.231. The lowest BCUT2D eigenvalue weighted by molar-refractivity contribution is 0.0526. The Morgan fingerprint density at radius 3 is 2.95 bits per heavy atom. The molecule has 19 heavy (non-hydrogen) atoms. The van der Waals surface area contributed by atoms with Crippen LogP contribution in [0.2, 0.25) is 0 Å². The van der Waals surface area contributed by atoms with Crippen LogP contribution in [0.5, 0.6) is 0 Å². The van der Waals surface area contributed by atoms with Crippen molar-refractivity contribution in [2.24, 2.45) is 0 Å². The first kappa shape index (κ1) is 14.0. The maximum atomic E-state index is 11.5. The molecule has 0 aromatic carbocycles. The molecule has 100 valence electrons. The van der Waals surface area contributed by atoms with Crippen LogP contribution in [0.1, 0.15) is 22.2 Å². The van der Waals surface area contributed by atoms with Crippen LogP contribution >= 0.6 is 27.3 Å². The molecule has 0 saturated heterocycles. The Balaban J connectivity index is 1.93. The summed E-state index contributed by atoms with van der Waals surface area (Å²) in [5.74, 6) is 0.390. The number of anilines is 1. The van der Waals surface area contributed by atoms with Crippen molar-refractivity contribution in [1.82, 2.24) is 4.98 Å². The second-order valence-electron chi connectivity index (χ2n) is 3.74. The van der Waals surface area contributed by atoms with Crippen LogP contribution in [0.4, 0.5) is 5.82 Å². The summed E-state index contributed by atoms with van der Waals surface area (Å²) < 4.78 is 5.98. The summed E-state index contributed by atoms with van der Waals surface area (Å²) in [5, 5.41) is 5.23. The monoisotopic (exact) mass is 340 g/mol. The van der Waals surface area contributed by atoms with Gasteiger partial charge in [-0.15, -0.1) is 11.3 Å². The molecule has 0 amide bonds. The third-order valence-corrected chi connectivity index (χ3v) is 4.04. The summed E-state index contributed by atoms with van der Waals surface area (Å²) in [7, 11) is 0. The lowest BCUT2D eigenvalue weighted by Gasteiger charge is -2.05. The van der Waals surface area contributed by atoms with Crippen LogP contribution < -0.4 is 5.32 Å². The Labute approximate surface area is 124 Å². The van der Waals surface area contributed by atoms with Crippen molar-refractivity contribution in [1.29, 1.82) is 0 Å². The van der Waals surface area contributed by atoms with Gasteiger partial charge < -0.3 is 10.1 Å². The van der Waals surface area contributed by atoms with E-state index in [0.29, 0.717) is 18.7 Å². The predicted octanol–water partition coefficient (Wildman–Crippen LogP) is 3.69. The zero-order chi connectivity index (χ0) is 13.7. The molecule has 6 heteroatoms. The van der Waals surface area contributed by atoms with Gasteiger partial charge in [0.1, 0.15) is 5.82 Å². The number of rotatable bonds is 5. The molecule has 2 aromatic rings. The van der Waals surface area contributed by atoms with Gasteiger partial charge in [-0.25, -0.2) is 9.78 Å². The van der Waals surface area contributed by atoms with E-state index in [0.717, 1.165) is 10.3 Å². The third kappa shape index (κ3) is 4.04. The minimum Gasteiger partial charge on any atom is -0.462 e. The lowest BCUT2D eigenvalue weighted by Crippen LogP contribution is -2.06. The number of aromatic nitrogens is 1. The standard InChI is InChI=1S/C13H13BrN2O2S/c1-2-18-13(17)9-3-4-12(15-6-9)16-7-11-5-10(14)8-19-11/h3-6,8H,2,7H2,1H3,(H,15,16). The minimum absolute atomic E-state index is 0.344. The molecule has 4 nitrogen and oxygen atoms in total. The van der Waals surface area contributed by atoms with Crippen LogP contribution in [0.25, 0.3) is 0 Å². The summed E-state index contributed by atoms with van der Waals surface area (Å²) >= 11 is 5.09. The summed E-state index contributed by atoms with van der Waals surface area (Å²) in [6.45, 7) is 2.86. The van der Waals surface area contributed by atoms with Crippen LogP contribution in [0, 0.1) is 0 Å². The van der Waals surface area contributed by atoms with Gasteiger partial charge in [0.2, 0.25) is 0 Å². The fourth-order valence-electron chi connectivity index (χ4n) is 1.46. The zero-order valence-corrected chi connectivity index (χ0v) is 12.8. The van der Waals surface area contributed by atoms with Crippen molar-refractivity contribution in [2.75, 3.05) is 11.9 Å². The highest BCUT2D eigenvalue weighted by Gasteiger charge is 2.06. The molecule has 0 fully saturated rings. The van der Waals surface area contributed by atoms with Crippen molar-refractivity contribution in [3.63, 3.8) is 0 Å². The number of nitrogens with zero attached hydrogens (tertiary/aromatic N) is 1. The van der Waals surface area contributed by atoms with Crippen LogP contribution in [-0.2, 0) is 11.3 Å². The highest BCUT2D eigenvalue weighted by molar-refractivity contribution is 9.10. The van der Waals surface area contributed by atoms with Gasteiger partial charge in [0.25, 0.3) is 0 Å². The zero-order valence-electron chi connectivity index (χ0n) is 10.4. The molecule has 2 aromatic heterocycles. The number of thiophene rings is 1. The Hall–Kier alpha value is -1.40. The van der Waals surface area contributed by atoms with E-state index in [2.05, 4.69) is 32.3 Å². The molecule has 0 aliphatic heterocycles. The molecule has 0 spiro atoms. The molecule has 0 radical (unpaired) electrons. The van der Waals surface area contributed by atoms with E-state index in [1.165, 1.54) is 11.1 Å². The van der Waals surface area contributed by atoms with Crippen LogP contribution in [0.3, 0.4) is 0 Å². The van der Waals surface area contributed by atoms with E-state index in [9.17, 15) is 4.79 Å². The third-order valence-electron chi connectivity index (χ3n) is 2.34. The van der Waals surface area contributed by atoms with E-state index < -0.39 is 0 Å². The molecule has 0 aliphatic carbocycles. The number of halogens is 1. The Bertz CT molecular complexity index is 554. The molecular formula is C13H13BrN2O2S. The number of esters is 1. The van der Waals surface area contributed by atoms with Crippen LogP contribution in [0.15, 0.2) is 34.2 Å². The molecule has 1 N–H and O–H groups in total. The molecule has 0 aliphatic rings. The number of hydrogen-bond donors (Lipinski definition) is 1. The second-order valence-corrected chi connectivity index (χ2v) is 5.65. The molecule has 2 heterocycles. The van der Waals surface area contributed by atoms with Gasteiger partial charge in [0, 0.05) is 20.9 Å². The van der Waals surface area contributed by atoms with Gasteiger partial charge in [-0.3, -0.25) is 0 Å². The Morgan fingerprint density at radius 2 is 2.37 bits per heavy atom. The van der Waals surface area contributed by atoms with E-state index in [1.54, 1.807) is 30.4 Å². The Kier molecular flexibility index (Phi) is 4.93. The highest BCUT2D eigenvalue weighted by Crippen LogP contribution is 2.20. The molecule has 0 saturated carbocycles. The van der Waals surface area contributed by atoms with Crippen molar-refractivity contribution in [2.45, 2.75) is 13.5 Å². The maximum absolute atomic E-state index is 11.5. The summed E-state index contributed by atoms with van der Waals surface area (Å²) in [5.41, 5.74) is 0.464. The highest BCUT2D eigenvalue weighted by atomic mass is 79.9. The largest absolute Gasteiger partial charge is 0.462 e. The second kappa shape index (κ2) is 6.68. The predicted molar refractivity (Wildman–Crippen MR) is 79.5 cm³/mol. The number of pyridine rings is 1. The van der Waals surface area contributed by atoms with E-state index in [4.69, 9.17) is 4.74 Å². The maximum Gasteiger partial charge on any atom is 0.339 e. The van der Waals surface area contributed by atoms with Crippen molar-refractivity contribution < 1.29 is 9.53 Å². The summed E-state index contributed by atoms with van der Waals surface area (Å²) in [6, 6.07) is 5.54. The topological polar surface area (TPSA) is 51.2 Å². The quantitative estimate of drug-likeness (QED) is 0.843. The van der Waals surface area contributed by atoms with Gasteiger partial charge in [-0.05, 0) is 41.1 Å². The number of hydrogen-bond acceptors (Lipinski definition) is 5. The summed E-state index contributed by atoms with van der Waals surface area (Å²) in [4.78, 5) is 16.8. The van der Waals surface area contributed by atoms with Gasteiger partial charge in [-0.1, -0.05) is 0 Å². The van der Waals surface area contributed by atoms with Gasteiger partial charge in [0.15, 0.2) is 0 Å². The van der Waals surface area contributed by atoms with E-state index >= 15 is 0 Å². The fourth-order valence-corrected chi connectivity index (χ4v) is 2.85. The van der Waals surface area contributed by atoms with Gasteiger partial charge >= 0.3 is 5.97 Å². The number of ether oxygens (including phenoxy) is 1. The molecule has 2 rings (SSSR count). The number of carbonyl (C=O) groups is 1. The average molecular weight is 341 g/mol. The molecule has 0 bridgehead atoms. The van der Waals surface area contributed by atoms with Gasteiger partial charge in [0.05, 0.1) is 18.7 Å². The average Bonchev–Trinajstić information content (AvgIpc) is 2.83. The van der Waals surface area contributed by atoms with E-state index in [-0.39, 0.29) is 5.97 Å². The molecule has 0 atom stereocenters. The van der Waals surface area contributed by atoms with Crippen molar-refractivity contribution in [3.8, 4) is 0 Å². The van der Waals surface area contributed by atoms with Crippen LogP contribution in [-0.4, -0.2) is 17.6 Å². The SMILES string of the molecule is CCOC(=O)c1ccc(NCc2cc(Br)cs2)nc1. The molecule has 0 unspecified atom stereocenters. The normalized spacial score (nSPS) is 10.2. The van der Waals surface area contributed by atoms with Crippen molar-refractivity contribution >= 4 is 39.1 Å². The number of carbonyl (C=O) groups excluding carboxylic acids is 1. The summed E-state index contributed by atoms with van der Waals surface area (Å²) in [6.07, 6.45) is 1.52. The lowest BCUT2D eigenvalue weighted by atomic mass is 10.3.